The number of amides is 1. The maximum Gasteiger partial charge on any atom is 0.254 e. The molecule has 1 saturated carbocycles. The van der Waals surface area contributed by atoms with Crippen LogP contribution >= 0.6 is 0 Å². The minimum Gasteiger partial charge on any atom is -0.351 e. The van der Waals surface area contributed by atoms with Crippen molar-refractivity contribution >= 4 is 23.2 Å². The highest BCUT2D eigenvalue weighted by atomic mass is 19.1. The molecule has 37 heavy (non-hydrogen) atoms. The molecule has 0 spiro atoms. The van der Waals surface area contributed by atoms with Crippen molar-refractivity contribution in [3.8, 4) is 0 Å². The number of hydrogen-bond acceptors (Lipinski definition) is 7. The van der Waals surface area contributed by atoms with Crippen molar-refractivity contribution in [1.29, 1.82) is 0 Å². The molecular weight excluding hydrogens is 471 g/mol. The summed E-state index contributed by atoms with van der Waals surface area (Å²) in [6.45, 7) is 7.20. The van der Waals surface area contributed by atoms with E-state index in [9.17, 15) is 9.18 Å². The number of nitrogens with one attached hydrogen (secondary N) is 2. The Morgan fingerprint density at radius 3 is 2.73 bits per heavy atom. The molecular formula is C27H35FN8O. The third-order valence-electron chi connectivity index (χ3n) is 7.31. The van der Waals surface area contributed by atoms with Crippen LogP contribution in [0.25, 0.3) is 0 Å². The third kappa shape index (κ3) is 5.44. The van der Waals surface area contributed by atoms with E-state index < -0.39 is 5.82 Å². The Balaban J connectivity index is 1.31. The highest BCUT2D eigenvalue weighted by Gasteiger charge is 2.32. The molecule has 0 bridgehead atoms. The van der Waals surface area contributed by atoms with Gasteiger partial charge < -0.3 is 21.3 Å². The van der Waals surface area contributed by atoms with Gasteiger partial charge in [-0.1, -0.05) is 6.07 Å². The molecule has 3 aromatic rings. The van der Waals surface area contributed by atoms with Crippen LogP contribution in [0.1, 0.15) is 80.0 Å². The monoisotopic (exact) mass is 506 g/mol. The average Bonchev–Trinajstić information content (AvgIpc) is 3.63. The lowest BCUT2D eigenvalue weighted by atomic mass is 9.96. The molecule has 3 heterocycles. The van der Waals surface area contributed by atoms with Crippen molar-refractivity contribution < 1.29 is 9.18 Å². The normalized spacial score (nSPS) is 19.8. The molecule has 2 atom stereocenters. The molecule has 4 N–H and O–H groups in total. The summed E-state index contributed by atoms with van der Waals surface area (Å²) in [6, 6.07) is 5.03. The van der Waals surface area contributed by atoms with Crippen LogP contribution in [0.3, 0.4) is 0 Å². The Labute approximate surface area is 216 Å². The highest BCUT2D eigenvalue weighted by molar-refractivity contribution is 5.94. The van der Waals surface area contributed by atoms with E-state index >= 15 is 0 Å². The Morgan fingerprint density at radius 2 is 2.05 bits per heavy atom. The Bertz CT molecular complexity index is 1270. The van der Waals surface area contributed by atoms with Crippen molar-refractivity contribution in [3.05, 3.63) is 59.4 Å². The Kier molecular flexibility index (Phi) is 7.10. The van der Waals surface area contributed by atoms with Crippen molar-refractivity contribution in [2.75, 3.05) is 16.8 Å². The molecule has 1 saturated heterocycles. The zero-order chi connectivity index (χ0) is 26.1. The van der Waals surface area contributed by atoms with E-state index in [4.69, 9.17) is 10.7 Å². The van der Waals surface area contributed by atoms with E-state index in [0.29, 0.717) is 23.2 Å². The summed E-state index contributed by atoms with van der Waals surface area (Å²) in [7, 11) is 0. The van der Waals surface area contributed by atoms with E-state index in [-0.39, 0.29) is 36.1 Å². The summed E-state index contributed by atoms with van der Waals surface area (Å²) in [4.78, 5) is 24.5. The van der Waals surface area contributed by atoms with Gasteiger partial charge in [-0.05, 0) is 70.1 Å². The van der Waals surface area contributed by atoms with Crippen molar-refractivity contribution in [1.82, 2.24) is 25.1 Å². The zero-order valence-corrected chi connectivity index (χ0v) is 21.6. The lowest BCUT2D eigenvalue weighted by Gasteiger charge is -2.40. The first-order valence-electron chi connectivity index (χ1n) is 13.1. The van der Waals surface area contributed by atoms with Crippen LogP contribution < -0.4 is 21.3 Å². The number of aromatic nitrogens is 4. The maximum atomic E-state index is 14.7. The summed E-state index contributed by atoms with van der Waals surface area (Å²) in [5.74, 6) is 0.882. The lowest BCUT2D eigenvalue weighted by Crippen LogP contribution is -2.54. The molecule has 196 valence electrons. The van der Waals surface area contributed by atoms with Gasteiger partial charge in [-0.25, -0.2) is 9.37 Å². The minimum atomic E-state index is -0.457. The number of nitrogens with two attached hydrogens (primary N) is 1. The number of carbonyl (C=O) groups excluding carboxylic acids is 1. The quantitative estimate of drug-likeness (QED) is 0.418. The molecule has 2 aromatic heterocycles. The third-order valence-corrected chi connectivity index (χ3v) is 7.31. The minimum absolute atomic E-state index is 0.0546. The van der Waals surface area contributed by atoms with Crippen LogP contribution in [0.4, 0.5) is 21.7 Å². The number of piperidine rings is 1. The molecule has 1 amide bonds. The second kappa shape index (κ2) is 10.5. The van der Waals surface area contributed by atoms with Crippen LogP contribution in [-0.4, -0.2) is 44.3 Å². The van der Waals surface area contributed by atoms with Crippen molar-refractivity contribution in [2.45, 2.75) is 77.0 Å². The predicted molar refractivity (Wildman–Crippen MR) is 141 cm³/mol. The zero-order valence-electron chi connectivity index (χ0n) is 21.6. The van der Waals surface area contributed by atoms with E-state index in [1.165, 1.54) is 6.07 Å². The van der Waals surface area contributed by atoms with Gasteiger partial charge in [0, 0.05) is 37.4 Å². The van der Waals surface area contributed by atoms with Crippen LogP contribution in [0.15, 0.2) is 36.8 Å². The predicted octanol–water partition coefficient (Wildman–Crippen LogP) is 4.26. The van der Waals surface area contributed by atoms with E-state index in [1.54, 1.807) is 18.5 Å². The first-order valence-corrected chi connectivity index (χ1v) is 13.1. The fourth-order valence-corrected chi connectivity index (χ4v) is 4.91. The van der Waals surface area contributed by atoms with Gasteiger partial charge in [-0.3, -0.25) is 14.5 Å². The van der Waals surface area contributed by atoms with Gasteiger partial charge in [0.2, 0.25) is 0 Å². The second-order valence-electron chi connectivity index (χ2n) is 10.3. The summed E-state index contributed by atoms with van der Waals surface area (Å²) < 4.78 is 16.6. The van der Waals surface area contributed by atoms with Crippen LogP contribution in [0, 0.1) is 5.82 Å². The first-order chi connectivity index (χ1) is 17.8. The molecule has 0 unspecified atom stereocenters. The van der Waals surface area contributed by atoms with Gasteiger partial charge in [-0.15, -0.1) is 0 Å². The molecule has 1 aromatic carbocycles. The average molecular weight is 507 g/mol. The Hall–Kier alpha value is -3.53. The number of halogens is 1. The first kappa shape index (κ1) is 25.1. The SMILES string of the molecule is CC(C)n1cc(Nc2nc(N3CCC[C@@H](NC(=O)c4ccc(C5CC5)cc4F)[C@H]3C)cnc2CN)cn1. The topological polar surface area (TPSA) is 114 Å². The summed E-state index contributed by atoms with van der Waals surface area (Å²) in [5, 5.41) is 10.7. The molecule has 10 heteroatoms. The van der Waals surface area contributed by atoms with Gasteiger partial charge in [0.1, 0.15) is 11.6 Å². The molecule has 2 aliphatic rings. The Morgan fingerprint density at radius 1 is 1.24 bits per heavy atom. The van der Waals surface area contributed by atoms with Gasteiger partial charge in [0.05, 0.1) is 29.3 Å². The smallest absolute Gasteiger partial charge is 0.254 e. The largest absolute Gasteiger partial charge is 0.351 e. The van der Waals surface area contributed by atoms with Crippen LogP contribution in [0.2, 0.25) is 0 Å². The molecule has 2 fully saturated rings. The summed E-state index contributed by atoms with van der Waals surface area (Å²) in [6.07, 6.45) is 9.25. The summed E-state index contributed by atoms with van der Waals surface area (Å²) >= 11 is 0. The fourth-order valence-electron chi connectivity index (χ4n) is 4.91. The van der Waals surface area contributed by atoms with Crippen molar-refractivity contribution in [2.24, 2.45) is 5.73 Å². The number of benzene rings is 1. The molecule has 0 radical (unpaired) electrons. The maximum absolute atomic E-state index is 14.7. The van der Waals surface area contributed by atoms with Gasteiger partial charge in [-0.2, -0.15) is 5.10 Å². The molecule has 1 aliphatic heterocycles. The van der Waals surface area contributed by atoms with Crippen molar-refractivity contribution in [3.63, 3.8) is 0 Å². The standard InChI is InChI=1S/C27H35FN8O/c1-16(2)36-15-20(13-31-36)32-26-24(12-29)30-14-25(34-26)35-10-4-5-23(17(35)3)33-27(37)21-9-8-19(11-22(21)28)18-6-7-18/h8-9,11,13-18,23H,4-7,10,12,29H2,1-3H3,(H,32,34)(H,33,37)/t17-,23-/m1/s1. The van der Waals surface area contributed by atoms with Gasteiger partial charge >= 0.3 is 0 Å². The molecule has 9 nitrogen and oxygen atoms in total. The number of carbonyl (C=O) groups is 1. The molecule has 1 aliphatic carbocycles. The van der Waals surface area contributed by atoms with E-state index in [0.717, 1.165) is 43.5 Å². The highest BCUT2D eigenvalue weighted by Crippen LogP contribution is 2.40. The van der Waals surface area contributed by atoms with Crippen LogP contribution in [-0.2, 0) is 6.54 Å². The summed E-state index contributed by atoms with van der Waals surface area (Å²) in [5.41, 5.74) is 8.46. The van der Waals surface area contributed by atoms with Gasteiger partial charge in [0.15, 0.2) is 5.82 Å². The molecule has 5 rings (SSSR count). The number of rotatable bonds is 8. The van der Waals surface area contributed by atoms with Gasteiger partial charge in [0.25, 0.3) is 5.91 Å². The fraction of sp³-hybridized carbons (Fsp3) is 0.481. The van der Waals surface area contributed by atoms with E-state index in [1.807, 2.05) is 16.9 Å². The van der Waals surface area contributed by atoms with Crippen LogP contribution in [0.5, 0.6) is 0 Å². The second-order valence-corrected chi connectivity index (χ2v) is 10.3. The van der Waals surface area contributed by atoms with E-state index in [2.05, 4.69) is 46.4 Å². The number of anilines is 3. The number of hydrogen-bond donors (Lipinski definition) is 3. The number of nitrogens with zero attached hydrogens (tertiary/aromatic N) is 5. The lowest BCUT2D eigenvalue weighted by molar-refractivity contribution is 0.0920.